The lowest BCUT2D eigenvalue weighted by Crippen LogP contribution is -2.18. The van der Waals surface area contributed by atoms with Crippen LogP contribution in [0.5, 0.6) is 0 Å². The van der Waals surface area contributed by atoms with E-state index in [4.69, 9.17) is 16.7 Å². The van der Waals surface area contributed by atoms with E-state index >= 15 is 0 Å². The molecule has 0 atom stereocenters. The monoisotopic (exact) mass is 315 g/mol. The van der Waals surface area contributed by atoms with E-state index in [2.05, 4.69) is 43.4 Å². The third-order valence-electron chi connectivity index (χ3n) is 3.54. The van der Waals surface area contributed by atoms with Gasteiger partial charge in [0.25, 0.3) is 0 Å². The van der Waals surface area contributed by atoms with E-state index in [-0.39, 0.29) is 0 Å². The zero-order valence-corrected chi connectivity index (χ0v) is 14.3. The molecule has 22 heavy (non-hydrogen) atoms. The minimum absolute atomic E-state index is 0.710. The summed E-state index contributed by atoms with van der Waals surface area (Å²) in [6, 6.07) is 14.2. The normalized spacial score (nSPS) is 11.4. The van der Waals surface area contributed by atoms with Crippen molar-refractivity contribution in [1.29, 1.82) is 0 Å². The molecule has 0 saturated heterocycles. The quantitative estimate of drug-likeness (QED) is 0.625. The molecule has 0 aromatic heterocycles. The van der Waals surface area contributed by atoms with Crippen LogP contribution in [0.2, 0.25) is 5.02 Å². The molecular formula is C18H22ClN3. The molecule has 0 aliphatic heterocycles. The molecule has 0 aliphatic carbocycles. The van der Waals surface area contributed by atoms with Crippen molar-refractivity contribution < 1.29 is 0 Å². The van der Waals surface area contributed by atoms with E-state index in [0.29, 0.717) is 5.02 Å². The minimum atomic E-state index is 0.710. The van der Waals surface area contributed by atoms with Crippen LogP contribution in [0, 0.1) is 6.92 Å². The average Bonchev–Trinajstić information content (AvgIpc) is 2.53. The van der Waals surface area contributed by atoms with E-state index in [1.54, 1.807) is 0 Å². The summed E-state index contributed by atoms with van der Waals surface area (Å²) >= 11 is 6.13. The number of benzene rings is 2. The number of hydrogen-bond donors (Lipinski definition) is 1. The standard InChI is InChI=1S/C18H22ClN3/c1-5-22(16-9-6-13(2)7-10-16)21-14(3)17-12-15(19)8-11-18(17)20-4/h6-12,20H,5H2,1-4H3/b21-14-. The maximum absolute atomic E-state index is 6.13. The minimum Gasteiger partial charge on any atom is -0.388 e. The molecule has 0 amide bonds. The molecule has 0 unspecified atom stereocenters. The Morgan fingerprint density at radius 3 is 2.45 bits per heavy atom. The van der Waals surface area contributed by atoms with Crippen LogP contribution in [0.4, 0.5) is 11.4 Å². The van der Waals surface area contributed by atoms with Crippen LogP contribution in [0.1, 0.15) is 25.0 Å². The number of aryl methyl sites for hydroxylation is 1. The fraction of sp³-hybridized carbons (Fsp3) is 0.278. The van der Waals surface area contributed by atoms with Crippen LogP contribution in [0.25, 0.3) is 0 Å². The van der Waals surface area contributed by atoms with Crippen molar-refractivity contribution in [1.82, 2.24) is 0 Å². The second-order valence-electron chi connectivity index (χ2n) is 5.18. The van der Waals surface area contributed by atoms with Gasteiger partial charge in [0.15, 0.2) is 0 Å². The van der Waals surface area contributed by atoms with Crippen molar-refractivity contribution >= 4 is 28.7 Å². The van der Waals surface area contributed by atoms with Gasteiger partial charge in [-0.2, -0.15) is 5.10 Å². The molecule has 2 aromatic carbocycles. The van der Waals surface area contributed by atoms with Gasteiger partial charge in [-0.05, 0) is 51.1 Å². The van der Waals surface area contributed by atoms with Crippen molar-refractivity contribution in [2.75, 3.05) is 23.9 Å². The summed E-state index contributed by atoms with van der Waals surface area (Å²) < 4.78 is 0. The fourth-order valence-corrected chi connectivity index (χ4v) is 2.47. The van der Waals surface area contributed by atoms with Gasteiger partial charge in [-0.15, -0.1) is 0 Å². The SMILES string of the molecule is CCN(/N=C(/C)c1cc(Cl)ccc1NC)c1ccc(C)cc1. The summed E-state index contributed by atoms with van der Waals surface area (Å²) in [5, 5.41) is 10.7. The molecule has 4 heteroatoms. The largest absolute Gasteiger partial charge is 0.388 e. The van der Waals surface area contributed by atoms with Crippen molar-refractivity contribution in [2.45, 2.75) is 20.8 Å². The predicted molar refractivity (Wildman–Crippen MR) is 97.4 cm³/mol. The summed E-state index contributed by atoms with van der Waals surface area (Å²) in [5.41, 5.74) is 5.29. The Labute approximate surface area is 137 Å². The van der Waals surface area contributed by atoms with Crippen molar-refractivity contribution in [3.05, 3.63) is 58.6 Å². The second kappa shape index (κ2) is 7.32. The lowest BCUT2D eigenvalue weighted by atomic mass is 10.1. The number of halogens is 1. The van der Waals surface area contributed by atoms with E-state index < -0.39 is 0 Å². The lowest BCUT2D eigenvalue weighted by Gasteiger charge is -2.19. The maximum Gasteiger partial charge on any atom is 0.0672 e. The summed E-state index contributed by atoms with van der Waals surface area (Å²) in [6.45, 7) is 6.98. The van der Waals surface area contributed by atoms with Gasteiger partial charge in [-0.3, -0.25) is 5.01 Å². The molecule has 2 rings (SSSR count). The lowest BCUT2D eigenvalue weighted by molar-refractivity contribution is 0.891. The number of rotatable bonds is 5. The van der Waals surface area contributed by atoms with Crippen LogP contribution in [-0.4, -0.2) is 19.3 Å². The van der Waals surface area contributed by atoms with Crippen LogP contribution in [0.15, 0.2) is 47.6 Å². The highest BCUT2D eigenvalue weighted by Gasteiger charge is 2.08. The van der Waals surface area contributed by atoms with Gasteiger partial charge >= 0.3 is 0 Å². The van der Waals surface area contributed by atoms with Gasteiger partial charge < -0.3 is 5.32 Å². The summed E-state index contributed by atoms with van der Waals surface area (Å²) in [5.74, 6) is 0. The molecular weight excluding hydrogens is 294 g/mol. The first-order chi connectivity index (χ1) is 10.5. The molecule has 0 spiro atoms. The van der Waals surface area contributed by atoms with E-state index in [1.807, 2.05) is 37.2 Å². The van der Waals surface area contributed by atoms with Crippen molar-refractivity contribution in [3.63, 3.8) is 0 Å². The molecule has 0 fully saturated rings. The highest BCUT2D eigenvalue weighted by molar-refractivity contribution is 6.31. The average molecular weight is 316 g/mol. The summed E-state index contributed by atoms with van der Waals surface area (Å²) in [6.07, 6.45) is 0. The Morgan fingerprint density at radius 1 is 1.18 bits per heavy atom. The molecule has 0 saturated carbocycles. The molecule has 0 heterocycles. The third kappa shape index (κ3) is 3.80. The number of nitrogens with zero attached hydrogens (tertiary/aromatic N) is 2. The van der Waals surface area contributed by atoms with Crippen molar-refractivity contribution in [3.8, 4) is 0 Å². The van der Waals surface area contributed by atoms with Gasteiger partial charge in [-0.25, -0.2) is 0 Å². The second-order valence-corrected chi connectivity index (χ2v) is 5.61. The maximum atomic E-state index is 6.13. The van der Waals surface area contributed by atoms with Crippen molar-refractivity contribution in [2.24, 2.45) is 5.10 Å². The first-order valence-electron chi connectivity index (χ1n) is 7.42. The van der Waals surface area contributed by atoms with Gasteiger partial charge in [0.2, 0.25) is 0 Å². The Hall–Kier alpha value is -2.00. The van der Waals surface area contributed by atoms with E-state index in [0.717, 1.165) is 29.2 Å². The summed E-state index contributed by atoms with van der Waals surface area (Å²) in [7, 11) is 1.90. The van der Waals surface area contributed by atoms with Gasteiger partial charge in [0.05, 0.1) is 11.4 Å². The molecule has 2 aromatic rings. The smallest absolute Gasteiger partial charge is 0.0672 e. The van der Waals surface area contributed by atoms with Crippen LogP contribution in [0.3, 0.4) is 0 Å². The Morgan fingerprint density at radius 2 is 1.86 bits per heavy atom. The first-order valence-corrected chi connectivity index (χ1v) is 7.80. The van der Waals surface area contributed by atoms with Gasteiger partial charge in [0.1, 0.15) is 0 Å². The molecule has 0 bridgehead atoms. The topological polar surface area (TPSA) is 27.6 Å². The fourth-order valence-electron chi connectivity index (χ4n) is 2.30. The van der Waals surface area contributed by atoms with Crippen LogP contribution >= 0.6 is 11.6 Å². The predicted octanol–water partition coefficient (Wildman–Crippen LogP) is 4.94. The zero-order chi connectivity index (χ0) is 16.1. The molecule has 1 N–H and O–H groups in total. The summed E-state index contributed by atoms with van der Waals surface area (Å²) in [4.78, 5) is 0. The molecule has 0 aliphatic rings. The third-order valence-corrected chi connectivity index (χ3v) is 3.78. The van der Waals surface area contributed by atoms with Crippen LogP contribution in [-0.2, 0) is 0 Å². The first kappa shape index (κ1) is 16.4. The Kier molecular flexibility index (Phi) is 5.45. The van der Waals surface area contributed by atoms with E-state index in [1.165, 1.54) is 5.56 Å². The molecule has 3 nitrogen and oxygen atoms in total. The molecule has 0 radical (unpaired) electrons. The Balaban J connectivity index is 2.37. The number of hydrazone groups is 1. The van der Waals surface area contributed by atoms with Gasteiger partial charge in [-0.1, -0.05) is 29.3 Å². The van der Waals surface area contributed by atoms with Gasteiger partial charge in [0, 0.05) is 29.9 Å². The number of hydrogen-bond acceptors (Lipinski definition) is 3. The number of nitrogens with one attached hydrogen (secondary N) is 1. The highest BCUT2D eigenvalue weighted by atomic mass is 35.5. The van der Waals surface area contributed by atoms with E-state index in [9.17, 15) is 0 Å². The zero-order valence-electron chi connectivity index (χ0n) is 13.5. The highest BCUT2D eigenvalue weighted by Crippen LogP contribution is 2.22. The van der Waals surface area contributed by atoms with Crippen LogP contribution < -0.4 is 10.3 Å². The molecule has 116 valence electrons. The number of anilines is 2. The Bertz CT molecular complexity index is 663.